The van der Waals surface area contributed by atoms with Crippen LogP contribution in [0.1, 0.15) is 32.8 Å². The van der Waals surface area contributed by atoms with Crippen LogP contribution in [0.2, 0.25) is 0 Å². The molecule has 116 valence electrons. The lowest BCUT2D eigenvalue weighted by Gasteiger charge is -2.20. The minimum absolute atomic E-state index is 0.0192. The number of aromatic hydroxyl groups is 1. The number of rotatable bonds is 2. The number of hydrogen-bond acceptors (Lipinski definition) is 4. The summed E-state index contributed by atoms with van der Waals surface area (Å²) >= 11 is 0. The van der Waals surface area contributed by atoms with E-state index in [1.165, 1.54) is 18.2 Å². The molecule has 0 bridgehead atoms. The van der Waals surface area contributed by atoms with Crippen LogP contribution in [0.15, 0.2) is 18.2 Å². The highest BCUT2D eigenvalue weighted by molar-refractivity contribution is 5.87. The van der Waals surface area contributed by atoms with Gasteiger partial charge in [-0.1, -0.05) is 6.07 Å². The summed E-state index contributed by atoms with van der Waals surface area (Å²) in [5.41, 5.74) is 3.29. The highest BCUT2D eigenvalue weighted by Crippen LogP contribution is 2.58. The predicted molar refractivity (Wildman–Crippen MR) is 73.4 cm³/mol. The molecule has 1 atom stereocenters. The second-order valence-corrected chi connectivity index (χ2v) is 6.21. The minimum Gasteiger partial charge on any atom is -0.506 e. The molecule has 2 rings (SSSR count). The maximum atomic E-state index is 13.3. The molecule has 21 heavy (non-hydrogen) atoms. The molecule has 1 aliphatic rings. The maximum absolute atomic E-state index is 13.3. The van der Waals surface area contributed by atoms with Crippen LogP contribution < -0.4 is 11.1 Å². The Morgan fingerprint density at radius 1 is 1.43 bits per heavy atom. The van der Waals surface area contributed by atoms with Gasteiger partial charge in [-0.15, -0.1) is 0 Å². The molecule has 7 heteroatoms. The molecule has 1 aromatic rings. The predicted octanol–water partition coefficient (Wildman–Crippen LogP) is 2.93. The number of nitrogens with two attached hydrogens (primary N) is 1. The number of halogens is 2. The first-order valence-corrected chi connectivity index (χ1v) is 6.45. The van der Waals surface area contributed by atoms with E-state index in [0.29, 0.717) is 0 Å². The number of hydrogen-bond donors (Lipinski definition) is 3. The fourth-order valence-corrected chi connectivity index (χ4v) is 1.95. The fourth-order valence-electron chi connectivity index (χ4n) is 1.95. The highest BCUT2D eigenvalue weighted by Gasteiger charge is 2.70. The van der Waals surface area contributed by atoms with Crippen LogP contribution in [0.4, 0.5) is 19.3 Å². The van der Waals surface area contributed by atoms with Gasteiger partial charge < -0.3 is 15.6 Å². The molecule has 0 saturated heterocycles. The van der Waals surface area contributed by atoms with Gasteiger partial charge >= 0.3 is 6.09 Å². The molecule has 0 heterocycles. The van der Waals surface area contributed by atoms with Gasteiger partial charge in [-0.3, -0.25) is 5.32 Å². The normalized spacial score (nSPS) is 23.5. The lowest BCUT2D eigenvalue weighted by Crippen LogP contribution is -2.28. The number of ether oxygens (including phenoxy) is 1. The Bertz CT molecular complexity index is 584. The number of phenolic OH excluding ortho intramolecular Hbond substituents is 1. The first kappa shape index (κ1) is 15.5. The van der Waals surface area contributed by atoms with Crippen molar-refractivity contribution >= 4 is 11.8 Å². The second kappa shape index (κ2) is 4.56. The van der Waals surface area contributed by atoms with E-state index in [9.17, 15) is 18.7 Å². The van der Waals surface area contributed by atoms with E-state index in [-0.39, 0.29) is 17.0 Å². The lowest BCUT2D eigenvalue weighted by molar-refractivity contribution is 0.0635. The van der Waals surface area contributed by atoms with Crippen molar-refractivity contribution in [2.24, 2.45) is 5.73 Å². The van der Waals surface area contributed by atoms with E-state index in [4.69, 9.17) is 10.5 Å². The molecule has 4 N–H and O–H groups in total. The number of amides is 1. The monoisotopic (exact) mass is 300 g/mol. The van der Waals surface area contributed by atoms with Crippen molar-refractivity contribution < 1.29 is 23.4 Å². The van der Waals surface area contributed by atoms with Gasteiger partial charge in [0, 0.05) is 6.42 Å². The van der Waals surface area contributed by atoms with Crippen molar-refractivity contribution in [2.45, 2.75) is 44.3 Å². The molecular weight excluding hydrogens is 282 g/mol. The molecule has 1 unspecified atom stereocenters. The van der Waals surface area contributed by atoms with Gasteiger partial charge in [-0.25, -0.2) is 13.6 Å². The Hall–Kier alpha value is -1.89. The summed E-state index contributed by atoms with van der Waals surface area (Å²) in [7, 11) is 0. The second-order valence-electron chi connectivity index (χ2n) is 6.21. The molecule has 1 aliphatic carbocycles. The Morgan fingerprint density at radius 2 is 2.00 bits per heavy atom. The third-order valence-electron chi connectivity index (χ3n) is 3.18. The zero-order chi connectivity index (χ0) is 16.1. The van der Waals surface area contributed by atoms with Crippen molar-refractivity contribution in [3.05, 3.63) is 23.8 Å². The topological polar surface area (TPSA) is 84.6 Å². The standard InChI is InChI=1S/C14H18F2N2O3/c1-12(2,3)21-11(20)18-9-6-8(4-5-10(9)19)13(17)7-14(13,15)16/h4-6,19H,7,17H2,1-3H3,(H,18,20). The summed E-state index contributed by atoms with van der Waals surface area (Å²) in [6.07, 6.45) is -1.25. The van der Waals surface area contributed by atoms with Crippen molar-refractivity contribution in [3.8, 4) is 5.75 Å². The van der Waals surface area contributed by atoms with Crippen LogP contribution in [0.25, 0.3) is 0 Å². The molecular formula is C14H18F2N2O3. The number of nitrogens with one attached hydrogen (secondary N) is 1. The largest absolute Gasteiger partial charge is 0.506 e. The average molecular weight is 300 g/mol. The first-order chi connectivity index (χ1) is 9.45. The van der Waals surface area contributed by atoms with Crippen LogP contribution in [0.5, 0.6) is 5.75 Å². The third-order valence-corrected chi connectivity index (χ3v) is 3.18. The highest BCUT2D eigenvalue weighted by atomic mass is 19.3. The molecule has 1 aromatic carbocycles. The number of anilines is 1. The zero-order valence-electron chi connectivity index (χ0n) is 12.0. The summed E-state index contributed by atoms with van der Waals surface area (Å²) in [5.74, 6) is -3.23. The van der Waals surface area contributed by atoms with Gasteiger partial charge in [0.1, 0.15) is 16.9 Å². The summed E-state index contributed by atoms with van der Waals surface area (Å²) < 4.78 is 31.6. The number of benzene rings is 1. The summed E-state index contributed by atoms with van der Waals surface area (Å²) in [6.45, 7) is 5.05. The Kier molecular flexibility index (Phi) is 3.36. The van der Waals surface area contributed by atoms with Gasteiger partial charge in [-0.05, 0) is 38.5 Å². The lowest BCUT2D eigenvalue weighted by atomic mass is 10.0. The van der Waals surface area contributed by atoms with Gasteiger partial charge in [-0.2, -0.15) is 0 Å². The van der Waals surface area contributed by atoms with Gasteiger partial charge in [0.05, 0.1) is 5.69 Å². The average Bonchev–Trinajstić information content (AvgIpc) is 2.79. The summed E-state index contributed by atoms with van der Waals surface area (Å²) in [4.78, 5) is 11.7. The van der Waals surface area contributed by atoms with E-state index in [1.54, 1.807) is 20.8 Å². The third kappa shape index (κ3) is 3.07. The minimum atomic E-state index is -2.98. The fraction of sp³-hybridized carbons (Fsp3) is 0.500. The summed E-state index contributed by atoms with van der Waals surface area (Å²) in [6, 6.07) is 3.77. The van der Waals surface area contributed by atoms with Crippen molar-refractivity contribution in [3.63, 3.8) is 0 Å². The number of alkyl halides is 2. The van der Waals surface area contributed by atoms with E-state index in [2.05, 4.69) is 5.32 Å². The molecule has 0 aliphatic heterocycles. The Balaban J connectivity index is 2.20. The molecule has 1 fully saturated rings. The van der Waals surface area contributed by atoms with E-state index >= 15 is 0 Å². The Labute approximate surface area is 121 Å². The van der Waals surface area contributed by atoms with E-state index < -0.39 is 29.6 Å². The quantitative estimate of drug-likeness (QED) is 0.733. The van der Waals surface area contributed by atoms with Gasteiger partial charge in [0.2, 0.25) is 0 Å². The van der Waals surface area contributed by atoms with Gasteiger partial charge in [0.15, 0.2) is 0 Å². The number of phenols is 1. The van der Waals surface area contributed by atoms with Crippen LogP contribution in [-0.4, -0.2) is 22.7 Å². The molecule has 1 amide bonds. The maximum Gasteiger partial charge on any atom is 0.412 e. The smallest absolute Gasteiger partial charge is 0.412 e. The molecule has 0 radical (unpaired) electrons. The van der Waals surface area contributed by atoms with Crippen LogP contribution in [0, 0.1) is 0 Å². The van der Waals surface area contributed by atoms with Crippen LogP contribution in [-0.2, 0) is 10.3 Å². The van der Waals surface area contributed by atoms with Crippen LogP contribution >= 0.6 is 0 Å². The zero-order valence-corrected chi connectivity index (χ0v) is 12.0. The van der Waals surface area contributed by atoms with Crippen molar-refractivity contribution in [1.82, 2.24) is 0 Å². The molecule has 0 spiro atoms. The van der Waals surface area contributed by atoms with Crippen LogP contribution in [0.3, 0.4) is 0 Å². The molecule has 0 aromatic heterocycles. The first-order valence-electron chi connectivity index (χ1n) is 6.45. The van der Waals surface area contributed by atoms with Crippen molar-refractivity contribution in [2.75, 3.05) is 5.32 Å². The number of carbonyl (C=O) groups is 1. The summed E-state index contributed by atoms with van der Waals surface area (Å²) in [5, 5.41) is 12.0. The van der Waals surface area contributed by atoms with E-state index in [0.717, 1.165) is 0 Å². The van der Waals surface area contributed by atoms with Gasteiger partial charge in [0.25, 0.3) is 5.92 Å². The van der Waals surface area contributed by atoms with E-state index in [1.807, 2.05) is 0 Å². The Morgan fingerprint density at radius 3 is 2.48 bits per heavy atom. The SMILES string of the molecule is CC(C)(C)OC(=O)Nc1cc(C2(N)CC2(F)F)ccc1O. The molecule has 5 nitrogen and oxygen atoms in total. The van der Waals surface area contributed by atoms with Crippen molar-refractivity contribution in [1.29, 1.82) is 0 Å². The number of carbonyl (C=O) groups excluding carboxylic acids is 1. The molecule has 1 saturated carbocycles.